The zero-order valence-corrected chi connectivity index (χ0v) is 12.7. The van der Waals surface area contributed by atoms with Crippen molar-refractivity contribution in [2.24, 2.45) is 5.73 Å². The zero-order valence-electron chi connectivity index (χ0n) is 10.3. The van der Waals surface area contributed by atoms with Crippen LogP contribution in [-0.2, 0) is 10.0 Å². The predicted molar refractivity (Wildman–Crippen MR) is 77.4 cm³/mol. The zero-order chi connectivity index (χ0) is 14.1. The molecule has 0 saturated heterocycles. The summed E-state index contributed by atoms with van der Waals surface area (Å²) < 4.78 is 26.7. The SMILES string of the molecule is CC(C)(C)NS(=O)(=O)c1ccc(C(N)=S)cc1Cl. The van der Waals surface area contributed by atoms with Crippen LogP contribution in [0.25, 0.3) is 0 Å². The van der Waals surface area contributed by atoms with Crippen molar-refractivity contribution >= 4 is 38.8 Å². The van der Waals surface area contributed by atoms with Crippen molar-refractivity contribution in [3.8, 4) is 0 Å². The summed E-state index contributed by atoms with van der Waals surface area (Å²) in [6, 6.07) is 4.37. The summed E-state index contributed by atoms with van der Waals surface area (Å²) in [5.74, 6) is 0. The van der Waals surface area contributed by atoms with Gasteiger partial charge in [-0.05, 0) is 32.9 Å². The van der Waals surface area contributed by atoms with Gasteiger partial charge in [-0.3, -0.25) is 0 Å². The Hall–Kier alpha value is -0.690. The van der Waals surface area contributed by atoms with Crippen molar-refractivity contribution in [2.45, 2.75) is 31.2 Å². The molecule has 0 fully saturated rings. The van der Waals surface area contributed by atoms with Gasteiger partial charge in [0.25, 0.3) is 0 Å². The molecule has 18 heavy (non-hydrogen) atoms. The lowest BCUT2D eigenvalue weighted by Gasteiger charge is -2.20. The van der Waals surface area contributed by atoms with Crippen molar-refractivity contribution in [3.63, 3.8) is 0 Å². The van der Waals surface area contributed by atoms with E-state index in [0.717, 1.165) is 0 Å². The van der Waals surface area contributed by atoms with Crippen LogP contribution in [0.15, 0.2) is 23.1 Å². The van der Waals surface area contributed by atoms with Gasteiger partial charge in [0.1, 0.15) is 9.88 Å². The standard InChI is InChI=1S/C11H15ClN2O2S2/c1-11(2,3)14-18(15,16)9-5-4-7(10(13)17)6-8(9)12/h4-6,14H,1-3H3,(H2,13,17). The molecule has 0 radical (unpaired) electrons. The van der Waals surface area contributed by atoms with Crippen LogP contribution < -0.4 is 10.5 Å². The third-order valence-corrected chi connectivity index (χ3v) is 4.42. The van der Waals surface area contributed by atoms with E-state index in [1.54, 1.807) is 20.8 Å². The van der Waals surface area contributed by atoms with E-state index in [2.05, 4.69) is 4.72 Å². The first-order chi connectivity index (χ1) is 8.03. The summed E-state index contributed by atoms with van der Waals surface area (Å²) >= 11 is 10.8. The van der Waals surface area contributed by atoms with E-state index in [4.69, 9.17) is 29.6 Å². The van der Waals surface area contributed by atoms with E-state index in [1.165, 1.54) is 18.2 Å². The molecular formula is C11H15ClN2O2S2. The summed E-state index contributed by atoms with van der Waals surface area (Å²) in [6.07, 6.45) is 0. The van der Waals surface area contributed by atoms with Crippen LogP contribution >= 0.6 is 23.8 Å². The van der Waals surface area contributed by atoms with Gasteiger partial charge in [0.15, 0.2) is 0 Å². The van der Waals surface area contributed by atoms with Gasteiger partial charge in [-0.15, -0.1) is 0 Å². The summed E-state index contributed by atoms with van der Waals surface area (Å²) in [7, 11) is -3.66. The Morgan fingerprint density at radius 3 is 2.33 bits per heavy atom. The Balaban J connectivity index is 3.23. The summed E-state index contributed by atoms with van der Waals surface area (Å²) in [5, 5.41) is 0.0945. The first-order valence-electron chi connectivity index (χ1n) is 5.16. The van der Waals surface area contributed by atoms with Crippen molar-refractivity contribution in [2.75, 3.05) is 0 Å². The van der Waals surface area contributed by atoms with E-state index >= 15 is 0 Å². The molecule has 0 aliphatic heterocycles. The molecule has 1 rings (SSSR count). The molecule has 0 spiro atoms. The van der Waals surface area contributed by atoms with E-state index in [1.807, 2.05) is 0 Å². The quantitative estimate of drug-likeness (QED) is 0.838. The van der Waals surface area contributed by atoms with Crippen LogP contribution in [-0.4, -0.2) is 18.9 Å². The van der Waals surface area contributed by atoms with E-state index in [-0.39, 0.29) is 14.9 Å². The normalized spacial score (nSPS) is 12.4. The molecule has 0 amide bonds. The molecule has 1 aromatic carbocycles. The van der Waals surface area contributed by atoms with E-state index in [0.29, 0.717) is 5.56 Å². The number of sulfonamides is 1. The molecule has 0 aromatic heterocycles. The van der Waals surface area contributed by atoms with Crippen molar-refractivity contribution < 1.29 is 8.42 Å². The largest absolute Gasteiger partial charge is 0.389 e. The minimum atomic E-state index is -3.66. The molecule has 0 aliphatic rings. The highest BCUT2D eigenvalue weighted by molar-refractivity contribution is 7.89. The number of benzene rings is 1. The van der Waals surface area contributed by atoms with Gasteiger partial charge in [0, 0.05) is 11.1 Å². The molecule has 0 unspecified atom stereocenters. The maximum Gasteiger partial charge on any atom is 0.242 e. The van der Waals surface area contributed by atoms with Gasteiger partial charge in [-0.1, -0.05) is 29.9 Å². The third-order valence-electron chi connectivity index (χ3n) is 1.95. The highest BCUT2D eigenvalue weighted by atomic mass is 35.5. The van der Waals surface area contributed by atoms with E-state index in [9.17, 15) is 8.42 Å². The smallest absolute Gasteiger partial charge is 0.242 e. The lowest BCUT2D eigenvalue weighted by molar-refractivity contribution is 0.491. The number of hydrogen-bond donors (Lipinski definition) is 2. The third kappa shape index (κ3) is 3.91. The minimum absolute atomic E-state index is 0.0130. The topological polar surface area (TPSA) is 72.2 Å². The minimum Gasteiger partial charge on any atom is -0.389 e. The maximum atomic E-state index is 12.1. The Labute approximate surface area is 118 Å². The van der Waals surface area contributed by atoms with Gasteiger partial charge >= 0.3 is 0 Å². The number of nitrogens with two attached hydrogens (primary N) is 1. The highest BCUT2D eigenvalue weighted by Gasteiger charge is 2.24. The first kappa shape index (κ1) is 15.4. The van der Waals surface area contributed by atoms with Gasteiger partial charge in [-0.2, -0.15) is 0 Å². The van der Waals surface area contributed by atoms with Crippen molar-refractivity contribution in [1.29, 1.82) is 0 Å². The Kier molecular flexibility index (Phi) is 4.38. The van der Waals surface area contributed by atoms with Crippen LogP contribution in [0.2, 0.25) is 5.02 Å². The van der Waals surface area contributed by atoms with Gasteiger partial charge in [0.2, 0.25) is 10.0 Å². The second-order valence-corrected chi connectivity index (χ2v) is 7.36. The summed E-state index contributed by atoms with van der Waals surface area (Å²) in [4.78, 5) is 0.184. The highest BCUT2D eigenvalue weighted by Crippen LogP contribution is 2.23. The Morgan fingerprint density at radius 1 is 1.39 bits per heavy atom. The molecule has 0 bridgehead atoms. The summed E-state index contributed by atoms with van der Waals surface area (Å²) in [5.41, 5.74) is 5.40. The van der Waals surface area contributed by atoms with Gasteiger partial charge < -0.3 is 5.73 Å². The maximum absolute atomic E-state index is 12.1. The lowest BCUT2D eigenvalue weighted by atomic mass is 10.1. The van der Waals surface area contributed by atoms with Crippen LogP contribution in [0.4, 0.5) is 0 Å². The van der Waals surface area contributed by atoms with Crippen LogP contribution in [0.5, 0.6) is 0 Å². The fraction of sp³-hybridized carbons (Fsp3) is 0.364. The molecule has 1 aromatic rings. The van der Waals surface area contributed by atoms with Crippen LogP contribution in [0, 0.1) is 0 Å². The first-order valence-corrected chi connectivity index (χ1v) is 7.43. The molecule has 0 heterocycles. The fourth-order valence-electron chi connectivity index (χ4n) is 1.33. The molecule has 0 aliphatic carbocycles. The number of hydrogen-bond acceptors (Lipinski definition) is 3. The molecule has 0 atom stereocenters. The van der Waals surface area contributed by atoms with Crippen LogP contribution in [0.1, 0.15) is 26.3 Å². The van der Waals surface area contributed by atoms with Crippen molar-refractivity contribution in [3.05, 3.63) is 28.8 Å². The number of thiocarbonyl (C=S) groups is 1. The summed E-state index contributed by atoms with van der Waals surface area (Å²) in [6.45, 7) is 5.26. The molecule has 0 saturated carbocycles. The molecule has 7 heteroatoms. The monoisotopic (exact) mass is 306 g/mol. The molecule has 100 valence electrons. The second kappa shape index (κ2) is 5.13. The number of nitrogens with one attached hydrogen (secondary N) is 1. The molecule has 4 nitrogen and oxygen atoms in total. The van der Waals surface area contributed by atoms with Crippen molar-refractivity contribution in [1.82, 2.24) is 4.72 Å². The predicted octanol–water partition coefficient (Wildman–Crippen LogP) is 2.05. The fourth-order valence-corrected chi connectivity index (χ4v) is 3.42. The number of rotatable bonds is 3. The average molecular weight is 307 g/mol. The van der Waals surface area contributed by atoms with Crippen LogP contribution in [0.3, 0.4) is 0 Å². The average Bonchev–Trinajstić information content (AvgIpc) is 2.12. The lowest BCUT2D eigenvalue weighted by Crippen LogP contribution is -2.40. The Bertz CT molecular complexity index is 577. The second-order valence-electron chi connectivity index (χ2n) is 4.86. The van der Waals surface area contributed by atoms with Gasteiger partial charge in [0.05, 0.1) is 5.02 Å². The molecular weight excluding hydrogens is 292 g/mol. The van der Waals surface area contributed by atoms with E-state index < -0.39 is 15.6 Å². The Morgan fingerprint density at radius 2 is 1.94 bits per heavy atom. The molecule has 3 N–H and O–H groups in total. The number of halogens is 1. The van der Waals surface area contributed by atoms with Gasteiger partial charge in [-0.25, -0.2) is 13.1 Å².